The van der Waals surface area contributed by atoms with Crippen molar-refractivity contribution < 1.29 is 9.47 Å². The van der Waals surface area contributed by atoms with Gasteiger partial charge in [0.05, 0.1) is 18.8 Å². The van der Waals surface area contributed by atoms with Gasteiger partial charge in [-0.2, -0.15) is 0 Å². The molecule has 1 heterocycles. The normalized spacial score (nSPS) is 24.1. The maximum absolute atomic E-state index is 5.82. The maximum atomic E-state index is 5.82. The summed E-state index contributed by atoms with van der Waals surface area (Å²) in [6, 6.07) is 8.17. The van der Waals surface area contributed by atoms with Crippen molar-refractivity contribution in [2.75, 3.05) is 13.2 Å². The maximum Gasteiger partial charge on any atom is 0.0913 e. The summed E-state index contributed by atoms with van der Waals surface area (Å²) in [6.45, 7) is 4.40. The predicted octanol–water partition coefficient (Wildman–Crippen LogP) is 3.92. The van der Waals surface area contributed by atoms with Crippen LogP contribution in [0.5, 0.6) is 0 Å². The molecule has 1 fully saturated rings. The van der Waals surface area contributed by atoms with Crippen molar-refractivity contribution in [1.82, 2.24) is 0 Å². The van der Waals surface area contributed by atoms with Crippen LogP contribution in [0.3, 0.4) is 0 Å². The first-order valence-electron chi connectivity index (χ1n) is 6.21. The van der Waals surface area contributed by atoms with E-state index in [1.54, 1.807) is 0 Å². The van der Waals surface area contributed by atoms with Gasteiger partial charge >= 0.3 is 0 Å². The number of benzene rings is 1. The van der Waals surface area contributed by atoms with E-state index in [2.05, 4.69) is 28.9 Å². The third-order valence-corrected chi connectivity index (χ3v) is 4.18. The van der Waals surface area contributed by atoms with E-state index in [1.165, 1.54) is 5.56 Å². The lowest BCUT2D eigenvalue weighted by molar-refractivity contribution is -0.0699. The van der Waals surface area contributed by atoms with Crippen LogP contribution in [-0.2, 0) is 16.1 Å². The first-order chi connectivity index (χ1) is 8.26. The van der Waals surface area contributed by atoms with Gasteiger partial charge in [-0.05, 0) is 30.9 Å². The minimum Gasteiger partial charge on any atom is -0.374 e. The molecule has 2 rings (SSSR count). The molecule has 3 heteroatoms. The highest BCUT2D eigenvalue weighted by atomic mass is 79.9. The van der Waals surface area contributed by atoms with Crippen LogP contribution >= 0.6 is 15.9 Å². The van der Waals surface area contributed by atoms with Crippen molar-refractivity contribution in [1.29, 1.82) is 0 Å². The van der Waals surface area contributed by atoms with Crippen LogP contribution in [0.1, 0.15) is 31.7 Å². The molecule has 0 aliphatic carbocycles. The second kappa shape index (κ2) is 5.98. The Labute approximate surface area is 111 Å². The summed E-state index contributed by atoms with van der Waals surface area (Å²) in [5.41, 5.74) is 1.16. The minimum atomic E-state index is -0.0265. The number of hydrogen-bond donors (Lipinski definition) is 0. The van der Waals surface area contributed by atoms with Crippen molar-refractivity contribution in [3.63, 3.8) is 0 Å². The average molecular weight is 299 g/mol. The van der Waals surface area contributed by atoms with Crippen molar-refractivity contribution in [2.24, 2.45) is 0 Å². The fraction of sp³-hybridized carbons (Fsp3) is 0.571. The lowest BCUT2D eigenvalue weighted by atomic mass is 9.98. The topological polar surface area (TPSA) is 18.5 Å². The Bertz CT molecular complexity index is 359. The number of rotatable bonds is 5. The first kappa shape index (κ1) is 13.1. The Morgan fingerprint density at radius 1 is 1.41 bits per heavy atom. The standard InChI is InChI=1S/C14H19BrO2/c1-2-14(8-5-9-17-14)11-16-10-12-6-3-4-7-13(12)15/h3-4,6-7H,2,5,8-11H2,1H3. The zero-order chi connectivity index (χ0) is 12.1. The highest BCUT2D eigenvalue weighted by molar-refractivity contribution is 9.10. The van der Waals surface area contributed by atoms with Crippen LogP contribution in [0, 0.1) is 0 Å². The first-order valence-corrected chi connectivity index (χ1v) is 7.00. The molecule has 0 saturated carbocycles. The Morgan fingerprint density at radius 3 is 2.88 bits per heavy atom. The molecule has 1 aliphatic heterocycles. The second-order valence-electron chi connectivity index (χ2n) is 4.57. The van der Waals surface area contributed by atoms with Crippen LogP contribution in [0.15, 0.2) is 28.7 Å². The highest BCUT2D eigenvalue weighted by Gasteiger charge is 2.33. The summed E-state index contributed by atoms with van der Waals surface area (Å²) in [6.07, 6.45) is 3.31. The van der Waals surface area contributed by atoms with Gasteiger partial charge in [-0.3, -0.25) is 0 Å². The van der Waals surface area contributed by atoms with E-state index < -0.39 is 0 Å². The third-order valence-electron chi connectivity index (χ3n) is 3.41. The van der Waals surface area contributed by atoms with Crippen molar-refractivity contribution in [3.05, 3.63) is 34.3 Å². The molecule has 0 radical (unpaired) electrons. The summed E-state index contributed by atoms with van der Waals surface area (Å²) < 4.78 is 12.8. The predicted molar refractivity (Wildman–Crippen MR) is 72.0 cm³/mol. The summed E-state index contributed by atoms with van der Waals surface area (Å²) in [5.74, 6) is 0. The number of hydrogen-bond acceptors (Lipinski definition) is 2. The molecule has 1 unspecified atom stereocenters. The largest absolute Gasteiger partial charge is 0.374 e. The summed E-state index contributed by atoms with van der Waals surface area (Å²) >= 11 is 3.53. The molecule has 0 N–H and O–H groups in total. The van der Waals surface area contributed by atoms with Gasteiger partial charge in [-0.25, -0.2) is 0 Å². The molecule has 1 aromatic carbocycles. The molecule has 1 saturated heterocycles. The molecular weight excluding hydrogens is 280 g/mol. The van der Waals surface area contributed by atoms with Crippen LogP contribution in [0.4, 0.5) is 0 Å². The molecule has 1 aromatic rings. The van der Waals surface area contributed by atoms with Gasteiger partial charge in [0.15, 0.2) is 0 Å². The molecule has 1 aliphatic rings. The number of halogens is 1. The van der Waals surface area contributed by atoms with E-state index in [-0.39, 0.29) is 5.60 Å². The van der Waals surface area contributed by atoms with E-state index in [1.807, 2.05) is 18.2 Å². The smallest absolute Gasteiger partial charge is 0.0913 e. The van der Waals surface area contributed by atoms with E-state index in [9.17, 15) is 0 Å². The number of ether oxygens (including phenoxy) is 2. The molecule has 17 heavy (non-hydrogen) atoms. The molecular formula is C14H19BrO2. The molecule has 0 bridgehead atoms. The van der Waals surface area contributed by atoms with Gasteiger partial charge in [0.1, 0.15) is 0 Å². The lowest BCUT2D eigenvalue weighted by Gasteiger charge is -2.26. The molecule has 94 valence electrons. The van der Waals surface area contributed by atoms with E-state index in [0.717, 1.165) is 30.3 Å². The van der Waals surface area contributed by atoms with Gasteiger partial charge in [0.2, 0.25) is 0 Å². The van der Waals surface area contributed by atoms with Gasteiger partial charge in [-0.1, -0.05) is 41.1 Å². The zero-order valence-corrected chi connectivity index (χ0v) is 11.8. The minimum absolute atomic E-state index is 0.0265. The Kier molecular flexibility index (Phi) is 4.60. The molecule has 2 nitrogen and oxygen atoms in total. The third kappa shape index (κ3) is 3.30. The summed E-state index contributed by atoms with van der Waals surface area (Å²) in [4.78, 5) is 0. The Morgan fingerprint density at radius 2 is 2.24 bits per heavy atom. The van der Waals surface area contributed by atoms with Crippen LogP contribution in [-0.4, -0.2) is 18.8 Å². The van der Waals surface area contributed by atoms with Gasteiger partial charge in [0, 0.05) is 11.1 Å². The Balaban J connectivity index is 1.85. The van der Waals surface area contributed by atoms with E-state index >= 15 is 0 Å². The molecule has 0 aromatic heterocycles. The second-order valence-corrected chi connectivity index (χ2v) is 5.43. The van der Waals surface area contributed by atoms with Crippen molar-refractivity contribution >= 4 is 15.9 Å². The van der Waals surface area contributed by atoms with Crippen LogP contribution < -0.4 is 0 Å². The van der Waals surface area contributed by atoms with E-state index in [4.69, 9.17) is 9.47 Å². The molecule has 0 amide bonds. The van der Waals surface area contributed by atoms with Crippen LogP contribution in [0.2, 0.25) is 0 Å². The quantitative estimate of drug-likeness (QED) is 0.820. The fourth-order valence-corrected chi connectivity index (χ4v) is 2.61. The van der Waals surface area contributed by atoms with Crippen molar-refractivity contribution in [3.8, 4) is 0 Å². The molecule has 0 spiro atoms. The zero-order valence-electron chi connectivity index (χ0n) is 10.2. The summed E-state index contributed by atoms with van der Waals surface area (Å²) in [7, 11) is 0. The lowest BCUT2D eigenvalue weighted by Crippen LogP contribution is -2.32. The van der Waals surface area contributed by atoms with Gasteiger partial charge in [-0.15, -0.1) is 0 Å². The molecule has 1 atom stereocenters. The SMILES string of the molecule is CCC1(COCc2ccccc2Br)CCCO1. The highest BCUT2D eigenvalue weighted by Crippen LogP contribution is 2.29. The fourth-order valence-electron chi connectivity index (χ4n) is 2.21. The van der Waals surface area contributed by atoms with Gasteiger partial charge < -0.3 is 9.47 Å². The monoisotopic (exact) mass is 298 g/mol. The summed E-state index contributed by atoms with van der Waals surface area (Å²) in [5, 5.41) is 0. The van der Waals surface area contributed by atoms with Crippen molar-refractivity contribution in [2.45, 2.75) is 38.4 Å². The Hall–Kier alpha value is -0.380. The van der Waals surface area contributed by atoms with E-state index in [0.29, 0.717) is 13.2 Å². The average Bonchev–Trinajstić information content (AvgIpc) is 2.81. The van der Waals surface area contributed by atoms with Gasteiger partial charge in [0.25, 0.3) is 0 Å². The van der Waals surface area contributed by atoms with Crippen LogP contribution in [0.25, 0.3) is 0 Å².